The molecule has 0 aliphatic carbocycles. The highest BCUT2D eigenvalue weighted by atomic mass is 31.2. The highest BCUT2D eigenvalue weighted by Crippen LogP contribution is 2.55. The minimum Gasteiger partial charge on any atom is -0.465 e. The monoisotopic (exact) mass is 446 g/mol. The summed E-state index contributed by atoms with van der Waals surface area (Å²) < 4.78 is 35.8. The maximum atomic E-state index is 13.0. The van der Waals surface area contributed by atoms with Crippen LogP contribution in [0, 0.1) is 0 Å². The summed E-state index contributed by atoms with van der Waals surface area (Å²) >= 11 is 0. The largest absolute Gasteiger partial charge is 0.465 e. The van der Waals surface area contributed by atoms with Crippen molar-refractivity contribution in [3.63, 3.8) is 0 Å². The van der Waals surface area contributed by atoms with Gasteiger partial charge in [-0.05, 0) is 26.3 Å². The normalized spacial score (nSPS) is 34.3. The third kappa shape index (κ3) is 4.58. The fourth-order valence-electron chi connectivity index (χ4n) is 3.30. The number of hydrogen-bond acceptors (Lipinski definition) is 10. The van der Waals surface area contributed by atoms with Gasteiger partial charge in [-0.2, -0.15) is 4.98 Å². The van der Waals surface area contributed by atoms with Gasteiger partial charge in [0, 0.05) is 6.20 Å². The number of rotatable bonds is 7. The first-order valence-corrected chi connectivity index (χ1v) is 11.2. The molecule has 2 aliphatic heterocycles. The second kappa shape index (κ2) is 8.74. The predicted octanol–water partition coefficient (Wildman–Crippen LogP) is 0.319. The van der Waals surface area contributed by atoms with Gasteiger partial charge in [-0.25, -0.2) is 14.4 Å². The van der Waals surface area contributed by atoms with Gasteiger partial charge in [0.1, 0.15) is 29.7 Å². The summed E-state index contributed by atoms with van der Waals surface area (Å²) in [5.41, 5.74) is 3.03. The molecule has 0 aromatic carbocycles. The zero-order valence-corrected chi connectivity index (χ0v) is 17.9. The van der Waals surface area contributed by atoms with Crippen molar-refractivity contribution in [1.29, 1.82) is 0 Å². The molecule has 6 atom stereocenters. The fourth-order valence-corrected chi connectivity index (χ4v) is 5.06. The lowest BCUT2D eigenvalue weighted by Gasteiger charge is -2.36. The summed E-state index contributed by atoms with van der Waals surface area (Å²) in [5.74, 6) is -0.570. The Hall–Kier alpha value is -1.82. The van der Waals surface area contributed by atoms with E-state index < -0.39 is 49.5 Å². The SMILES string of the molecule is CCCCOC(=O)[C@H](C)N[P@@]1(=O)OC[C@H]2O[C@@H](n3ccc(N)nc3=O)[C@](C)(O)[C@@H]2O1. The van der Waals surface area contributed by atoms with E-state index in [0.29, 0.717) is 6.42 Å². The number of nitrogens with zero attached hydrogens (tertiary/aromatic N) is 2. The maximum absolute atomic E-state index is 13.0. The van der Waals surface area contributed by atoms with E-state index in [-0.39, 0.29) is 19.0 Å². The number of carbonyl (C=O) groups excluding carboxylic acids is 1. The van der Waals surface area contributed by atoms with Crippen LogP contribution in [-0.2, 0) is 27.9 Å². The van der Waals surface area contributed by atoms with E-state index in [1.165, 1.54) is 26.1 Å². The van der Waals surface area contributed by atoms with Crippen LogP contribution in [0.3, 0.4) is 0 Å². The first-order valence-electron chi connectivity index (χ1n) is 9.67. The average molecular weight is 446 g/mol. The number of carbonyl (C=O) groups is 1. The molecule has 3 heterocycles. The van der Waals surface area contributed by atoms with Crippen LogP contribution < -0.4 is 16.5 Å². The number of fused-ring (bicyclic) bond motifs is 1. The molecular formula is C17H27N4O8P. The lowest BCUT2D eigenvalue weighted by atomic mass is 9.96. The number of aromatic nitrogens is 2. The summed E-state index contributed by atoms with van der Waals surface area (Å²) in [5, 5.41) is 13.6. The molecule has 13 heteroatoms. The van der Waals surface area contributed by atoms with Crippen molar-refractivity contribution in [3.05, 3.63) is 22.7 Å². The number of nitrogens with two attached hydrogens (primary N) is 1. The Kier molecular flexibility index (Phi) is 6.66. The molecule has 2 aliphatic rings. The van der Waals surface area contributed by atoms with Crippen molar-refractivity contribution < 1.29 is 33.0 Å². The molecule has 30 heavy (non-hydrogen) atoms. The van der Waals surface area contributed by atoms with Crippen LogP contribution in [-0.4, -0.2) is 57.7 Å². The van der Waals surface area contributed by atoms with Gasteiger partial charge in [0.2, 0.25) is 0 Å². The van der Waals surface area contributed by atoms with Crippen molar-refractivity contribution >= 4 is 19.5 Å². The van der Waals surface area contributed by atoms with Crippen molar-refractivity contribution in [3.8, 4) is 0 Å². The van der Waals surface area contributed by atoms with Crippen LogP contribution in [0.1, 0.15) is 39.8 Å². The highest BCUT2D eigenvalue weighted by molar-refractivity contribution is 7.51. The molecule has 0 bridgehead atoms. The number of nitrogens with one attached hydrogen (secondary N) is 1. The molecule has 2 fully saturated rings. The number of nitrogen functional groups attached to an aromatic ring is 1. The molecule has 0 unspecified atom stereocenters. The summed E-state index contributed by atoms with van der Waals surface area (Å²) in [4.78, 5) is 27.8. The quantitative estimate of drug-likeness (QED) is 0.300. The Morgan fingerprint density at radius 2 is 2.33 bits per heavy atom. The number of ether oxygens (including phenoxy) is 2. The van der Waals surface area contributed by atoms with Gasteiger partial charge in [-0.1, -0.05) is 13.3 Å². The Morgan fingerprint density at radius 1 is 1.60 bits per heavy atom. The Bertz CT molecular complexity index is 891. The van der Waals surface area contributed by atoms with E-state index in [4.69, 9.17) is 24.3 Å². The summed E-state index contributed by atoms with van der Waals surface area (Å²) in [6.07, 6.45) is -0.138. The second-order valence-corrected chi connectivity index (χ2v) is 9.21. The van der Waals surface area contributed by atoms with Crippen LogP contribution in [0.25, 0.3) is 0 Å². The Labute approximate surface area is 173 Å². The molecular weight excluding hydrogens is 419 g/mol. The minimum absolute atomic E-state index is 0.0272. The molecule has 12 nitrogen and oxygen atoms in total. The smallest absolute Gasteiger partial charge is 0.406 e. The van der Waals surface area contributed by atoms with E-state index in [1.807, 2.05) is 6.92 Å². The van der Waals surface area contributed by atoms with Crippen molar-refractivity contribution in [2.45, 2.75) is 63.7 Å². The van der Waals surface area contributed by atoms with Crippen molar-refractivity contribution in [1.82, 2.24) is 14.6 Å². The van der Waals surface area contributed by atoms with Crippen LogP contribution in [0.2, 0.25) is 0 Å². The zero-order valence-electron chi connectivity index (χ0n) is 17.0. The molecule has 0 saturated carbocycles. The Balaban J connectivity index is 1.72. The maximum Gasteiger partial charge on any atom is 0.406 e. The lowest BCUT2D eigenvalue weighted by molar-refractivity contribution is -0.145. The van der Waals surface area contributed by atoms with E-state index in [1.54, 1.807) is 0 Å². The molecule has 0 amide bonds. The predicted molar refractivity (Wildman–Crippen MR) is 104 cm³/mol. The third-order valence-corrected chi connectivity index (χ3v) is 6.63. The standard InChI is InChI=1S/C17H27N4O8P/c1-4-5-8-26-14(22)10(2)20-30(25)27-9-11-13(29-30)17(3,24)15(28-11)21-7-6-12(18)19-16(21)23/h6-7,10-11,13,15,24H,4-5,8-9H2,1-3H3,(H,20,25)(H2,18,19,23)/t10-,11+,13+,15+,17+,30+/m0/s1. The average Bonchev–Trinajstić information content (AvgIpc) is 2.92. The number of aliphatic hydroxyl groups is 1. The van der Waals surface area contributed by atoms with Gasteiger partial charge in [-0.15, -0.1) is 0 Å². The molecule has 1 aromatic heterocycles. The number of anilines is 1. The fraction of sp³-hybridized carbons (Fsp3) is 0.706. The molecule has 0 spiro atoms. The van der Waals surface area contributed by atoms with Gasteiger partial charge in [0.05, 0.1) is 13.2 Å². The topological polar surface area (TPSA) is 164 Å². The molecule has 0 radical (unpaired) electrons. The van der Waals surface area contributed by atoms with Gasteiger partial charge >= 0.3 is 19.4 Å². The second-order valence-electron chi connectivity index (χ2n) is 7.49. The number of unbranched alkanes of at least 4 members (excludes halogenated alkanes) is 1. The highest BCUT2D eigenvalue weighted by Gasteiger charge is 2.60. The zero-order chi connectivity index (χ0) is 22.1. The third-order valence-electron chi connectivity index (χ3n) is 4.93. The van der Waals surface area contributed by atoms with Crippen molar-refractivity contribution in [2.24, 2.45) is 0 Å². The van der Waals surface area contributed by atoms with Crippen molar-refractivity contribution in [2.75, 3.05) is 18.9 Å². The number of esters is 1. The van der Waals surface area contributed by atoms with Crippen LogP contribution in [0.4, 0.5) is 5.82 Å². The molecule has 4 N–H and O–H groups in total. The van der Waals surface area contributed by atoms with Gasteiger partial charge in [0.25, 0.3) is 0 Å². The van der Waals surface area contributed by atoms with Crippen LogP contribution in [0.15, 0.2) is 17.1 Å². The summed E-state index contributed by atoms with van der Waals surface area (Å²) in [6, 6.07) is 0.426. The van der Waals surface area contributed by atoms with Crippen LogP contribution in [0.5, 0.6) is 0 Å². The molecule has 1 aromatic rings. The summed E-state index contributed by atoms with van der Waals surface area (Å²) in [7, 11) is -3.96. The molecule has 3 rings (SSSR count). The Morgan fingerprint density at radius 3 is 3.00 bits per heavy atom. The first-order chi connectivity index (χ1) is 14.1. The lowest BCUT2D eigenvalue weighted by Crippen LogP contribution is -2.50. The van der Waals surface area contributed by atoms with E-state index in [9.17, 15) is 19.3 Å². The van der Waals surface area contributed by atoms with E-state index >= 15 is 0 Å². The van der Waals surface area contributed by atoms with Gasteiger partial charge in [0.15, 0.2) is 6.23 Å². The van der Waals surface area contributed by atoms with Gasteiger partial charge in [-0.3, -0.25) is 18.4 Å². The molecule has 2 saturated heterocycles. The van der Waals surface area contributed by atoms with Crippen LogP contribution >= 0.6 is 7.75 Å². The van der Waals surface area contributed by atoms with E-state index in [0.717, 1.165) is 11.0 Å². The summed E-state index contributed by atoms with van der Waals surface area (Å²) in [6.45, 7) is 4.90. The molecule has 168 valence electrons. The van der Waals surface area contributed by atoms with Gasteiger partial charge < -0.3 is 20.3 Å². The first kappa shape index (κ1) is 22.9. The number of hydrogen-bond donors (Lipinski definition) is 3. The minimum atomic E-state index is -3.96. The van der Waals surface area contributed by atoms with E-state index in [2.05, 4.69) is 10.1 Å².